The van der Waals surface area contributed by atoms with Crippen molar-refractivity contribution in [2.24, 2.45) is 21.1 Å². The van der Waals surface area contributed by atoms with E-state index >= 15 is 0 Å². The monoisotopic (exact) mass is 374 g/mol. The largest absolute Gasteiger partial charge is 0.460 e. The van der Waals surface area contributed by atoms with Gasteiger partial charge in [0.15, 0.2) is 16.3 Å². The molecule has 9 heteroatoms. The van der Waals surface area contributed by atoms with Crippen LogP contribution in [0.3, 0.4) is 0 Å². The predicted octanol–water partition coefficient (Wildman–Crippen LogP) is 0.806. The molecule has 0 aliphatic carbocycles. The van der Waals surface area contributed by atoms with Crippen molar-refractivity contribution in [1.82, 2.24) is 18.7 Å². The predicted molar refractivity (Wildman–Crippen MR) is 98.2 cm³/mol. The Morgan fingerprint density at radius 1 is 1.08 bits per heavy atom. The number of imidazole rings is 1. The van der Waals surface area contributed by atoms with Gasteiger partial charge in [0, 0.05) is 21.1 Å². The Hall–Kier alpha value is -2.81. The molecule has 26 heavy (non-hydrogen) atoms. The fraction of sp³-hybridized carbons (Fsp3) is 0.294. The minimum atomic E-state index is -0.461. The summed E-state index contributed by atoms with van der Waals surface area (Å²) in [6, 6.07) is 9.40. The molecule has 0 bridgehead atoms. The Labute approximate surface area is 153 Å². The molecular formula is C17H18N4O4S. The number of carbonyl (C=O) groups excluding carboxylic acids is 1. The van der Waals surface area contributed by atoms with Crippen LogP contribution in [0.15, 0.2) is 45.1 Å². The number of thioether (sulfide) groups is 1. The number of hydrogen-bond acceptors (Lipinski definition) is 6. The van der Waals surface area contributed by atoms with Crippen molar-refractivity contribution in [2.75, 3.05) is 5.75 Å². The number of ether oxygens (including phenoxy) is 1. The third kappa shape index (κ3) is 3.30. The lowest BCUT2D eigenvalue weighted by molar-refractivity contribution is -0.141. The summed E-state index contributed by atoms with van der Waals surface area (Å²) >= 11 is 1.16. The fourth-order valence-corrected chi connectivity index (χ4v) is 3.36. The standard InChI is InChI=1S/C17H18N4O4S/c1-19-14-13(15(23)21(3)17(24)20(14)2)18-16(19)26-10-12(22)25-9-11-7-5-4-6-8-11/h4-8H,9-10H2,1-3H3. The van der Waals surface area contributed by atoms with Gasteiger partial charge in [-0.25, -0.2) is 9.78 Å². The first kappa shape index (κ1) is 18.0. The zero-order chi connectivity index (χ0) is 18.8. The summed E-state index contributed by atoms with van der Waals surface area (Å²) in [4.78, 5) is 40.5. The minimum Gasteiger partial charge on any atom is -0.460 e. The maximum atomic E-state index is 12.2. The molecule has 0 saturated carbocycles. The number of carbonyl (C=O) groups is 1. The summed E-state index contributed by atoms with van der Waals surface area (Å²) in [5.41, 5.74) is 0.629. The number of rotatable bonds is 5. The number of nitrogens with zero attached hydrogens (tertiary/aromatic N) is 4. The summed E-state index contributed by atoms with van der Waals surface area (Å²) in [5, 5.41) is 0.468. The van der Waals surface area contributed by atoms with Crippen LogP contribution in [0.4, 0.5) is 0 Å². The van der Waals surface area contributed by atoms with Crippen molar-refractivity contribution < 1.29 is 9.53 Å². The second-order valence-corrected chi connectivity index (χ2v) is 6.71. The maximum absolute atomic E-state index is 12.2. The number of esters is 1. The first-order valence-electron chi connectivity index (χ1n) is 7.85. The fourth-order valence-electron chi connectivity index (χ4n) is 2.59. The molecule has 136 valence electrons. The van der Waals surface area contributed by atoms with Gasteiger partial charge in [0.1, 0.15) is 6.61 Å². The van der Waals surface area contributed by atoms with Crippen LogP contribution in [0.2, 0.25) is 0 Å². The van der Waals surface area contributed by atoms with Crippen molar-refractivity contribution >= 4 is 28.9 Å². The number of aryl methyl sites for hydroxylation is 2. The second kappa shape index (κ2) is 7.20. The molecular weight excluding hydrogens is 356 g/mol. The van der Waals surface area contributed by atoms with Crippen molar-refractivity contribution in [2.45, 2.75) is 11.8 Å². The summed E-state index contributed by atoms with van der Waals surface area (Å²) in [6.45, 7) is 0.206. The quantitative estimate of drug-likeness (QED) is 0.485. The topological polar surface area (TPSA) is 88.1 Å². The smallest absolute Gasteiger partial charge is 0.332 e. The molecule has 0 saturated heterocycles. The van der Waals surface area contributed by atoms with E-state index in [9.17, 15) is 14.4 Å². The maximum Gasteiger partial charge on any atom is 0.332 e. The van der Waals surface area contributed by atoms with Crippen LogP contribution < -0.4 is 11.2 Å². The molecule has 0 unspecified atom stereocenters. The van der Waals surface area contributed by atoms with E-state index in [1.807, 2.05) is 30.3 Å². The van der Waals surface area contributed by atoms with Gasteiger partial charge in [-0.1, -0.05) is 42.1 Å². The number of benzene rings is 1. The van der Waals surface area contributed by atoms with Crippen LogP contribution in [-0.2, 0) is 37.3 Å². The Morgan fingerprint density at radius 3 is 2.46 bits per heavy atom. The van der Waals surface area contributed by atoms with Gasteiger partial charge in [-0.2, -0.15) is 0 Å². The van der Waals surface area contributed by atoms with E-state index < -0.39 is 11.2 Å². The van der Waals surface area contributed by atoms with E-state index in [4.69, 9.17) is 4.74 Å². The number of fused-ring (bicyclic) bond motifs is 1. The first-order valence-corrected chi connectivity index (χ1v) is 8.83. The highest BCUT2D eigenvalue weighted by Crippen LogP contribution is 2.20. The zero-order valence-corrected chi connectivity index (χ0v) is 15.4. The molecule has 8 nitrogen and oxygen atoms in total. The van der Waals surface area contributed by atoms with Gasteiger partial charge in [0.05, 0.1) is 5.75 Å². The van der Waals surface area contributed by atoms with E-state index in [0.29, 0.717) is 10.8 Å². The van der Waals surface area contributed by atoms with E-state index in [1.165, 1.54) is 11.6 Å². The highest BCUT2D eigenvalue weighted by Gasteiger charge is 2.18. The van der Waals surface area contributed by atoms with Crippen LogP contribution in [-0.4, -0.2) is 30.4 Å². The lowest BCUT2D eigenvalue weighted by Crippen LogP contribution is -2.37. The van der Waals surface area contributed by atoms with Crippen LogP contribution in [0.1, 0.15) is 5.56 Å². The highest BCUT2D eigenvalue weighted by molar-refractivity contribution is 7.99. The van der Waals surface area contributed by atoms with Crippen molar-refractivity contribution in [1.29, 1.82) is 0 Å². The molecule has 1 aromatic carbocycles. The van der Waals surface area contributed by atoms with Gasteiger partial charge in [-0.05, 0) is 5.56 Å². The first-order chi connectivity index (χ1) is 12.4. The minimum absolute atomic E-state index is 0.0538. The van der Waals surface area contributed by atoms with E-state index in [0.717, 1.165) is 21.9 Å². The third-order valence-corrected chi connectivity index (χ3v) is 4.99. The van der Waals surface area contributed by atoms with Crippen LogP contribution in [0.5, 0.6) is 0 Å². The third-order valence-electron chi connectivity index (χ3n) is 3.98. The molecule has 0 radical (unpaired) electrons. The summed E-state index contributed by atoms with van der Waals surface area (Å²) in [5.74, 6) is -0.328. The van der Waals surface area contributed by atoms with E-state index in [2.05, 4.69) is 4.98 Å². The zero-order valence-electron chi connectivity index (χ0n) is 14.6. The lowest BCUT2D eigenvalue weighted by atomic mass is 10.2. The normalized spacial score (nSPS) is 11.0. The van der Waals surface area contributed by atoms with Gasteiger partial charge in [0.25, 0.3) is 5.56 Å². The van der Waals surface area contributed by atoms with Crippen LogP contribution in [0.25, 0.3) is 11.2 Å². The summed E-state index contributed by atoms with van der Waals surface area (Å²) < 4.78 is 9.24. The Bertz CT molecular complexity index is 1080. The second-order valence-electron chi connectivity index (χ2n) is 5.77. The molecule has 3 rings (SSSR count). The Kier molecular flexibility index (Phi) is 4.99. The van der Waals surface area contributed by atoms with Crippen LogP contribution >= 0.6 is 11.8 Å². The molecule has 0 aliphatic rings. The van der Waals surface area contributed by atoms with Gasteiger partial charge >= 0.3 is 11.7 Å². The molecule has 2 heterocycles. The van der Waals surface area contributed by atoms with Crippen molar-refractivity contribution in [3.05, 3.63) is 56.7 Å². The molecule has 0 amide bonds. The van der Waals surface area contributed by atoms with E-state index in [1.54, 1.807) is 18.7 Å². The number of aromatic nitrogens is 4. The Balaban J connectivity index is 1.75. The van der Waals surface area contributed by atoms with Gasteiger partial charge in [-0.3, -0.25) is 18.7 Å². The highest BCUT2D eigenvalue weighted by atomic mass is 32.2. The molecule has 0 spiro atoms. The molecule has 0 fully saturated rings. The van der Waals surface area contributed by atoms with E-state index in [-0.39, 0.29) is 23.8 Å². The summed E-state index contributed by atoms with van der Waals surface area (Å²) in [6.07, 6.45) is 0. The number of hydrogen-bond donors (Lipinski definition) is 0. The molecule has 3 aromatic rings. The van der Waals surface area contributed by atoms with Crippen LogP contribution in [0, 0.1) is 0 Å². The van der Waals surface area contributed by atoms with Gasteiger partial charge < -0.3 is 9.30 Å². The van der Waals surface area contributed by atoms with Crippen molar-refractivity contribution in [3.8, 4) is 0 Å². The summed E-state index contributed by atoms with van der Waals surface area (Å²) in [7, 11) is 4.69. The SMILES string of the molecule is Cn1c(=O)c2nc(SCC(=O)OCc3ccccc3)n(C)c2n(C)c1=O. The molecule has 0 N–H and O–H groups in total. The molecule has 2 aromatic heterocycles. The Morgan fingerprint density at radius 2 is 1.77 bits per heavy atom. The average Bonchev–Trinajstić information content (AvgIpc) is 2.98. The molecule has 0 aliphatic heterocycles. The average molecular weight is 374 g/mol. The molecule has 0 atom stereocenters. The lowest BCUT2D eigenvalue weighted by Gasteiger charge is -2.06. The van der Waals surface area contributed by atoms with Gasteiger partial charge in [0.2, 0.25) is 0 Å². The van der Waals surface area contributed by atoms with Gasteiger partial charge in [-0.15, -0.1) is 0 Å². The van der Waals surface area contributed by atoms with Crippen molar-refractivity contribution in [3.63, 3.8) is 0 Å².